The lowest BCUT2D eigenvalue weighted by atomic mass is 9.77. The quantitative estimate of drug-likeness (QED) is 0.760. The Morgan fingerprint density at radius 3 is 2.44 bits per heavy atom. The van der Waals surface area contributed by atoms with E-state index in [1.54, 1.807) is 14.2 Å². The van der Waals surface area contributed by atoms with Crippen LogP contribution in [0.5, 0.6) is 11.5 Å². The summed E-state index contributed by atoms with van der Waals surface area (Å²) in [5, 5.41) is 0. The van der Waals surface area contributed by atoms with Crippen LogP contribution in [0, 0.1) is 5.92 Å². The molecule has 3 rings (SSSR count). The first-order valence-electron chi connectivity index (χ1n) is 9.23. The number of benzene rings is 1. The zero-order chi connectivity index (χ0) is 18.0. The smallest absolute Gasteiger partial charge is 0.234 e. The van der Waals surface area contributed by atoms with Crippen molar-refractivity contribution in [2.75, 3.05) is 20.8 Å². The molecule has 1 amide bonds. The largest absolute Gasteiger partial charge is 0.493 e. The molecular weight excluding hydrogens is 314 g/mol. The van der Waals surface area contributed by atoms with Crippen molar-refractivity contribution < 1.29 is 14.3 Å². The third-order valence-electron chi connectivity index (χ3n) is 5.74. The number of ether oxygens (including phenoxy) is 2. The van der Waals surface area contributed by atoms with Crippen LogP contribution in [0.25, 0.3) is 0 Å². The zero-order valence-electron chi connectivity index (χ0n) is 15.7. The minimum Gasteiger partial charge on any atom is -0.493 e. The molecule has 0 N–H and O–H groups in total. The summed E-state index contributed by atoms with van der Waals surface area (Å²) in [6.07, 6.45) is 8.30. The van der Waals surface area contributed by atoms with Crippen LogP contribution in [0.2, 0.25) is 0 Å². The normalized spacial score (nSPS) is 21.8. The fourth-order valence-corrected chi connectivity index (χ4v) is 4.35. The summed E-state index contributed by atoms with van der Waals surface area (Å²) >= 11 is 0. The second-order valence-electron chi connectivity index (χ2n) is 7.48. The van der Waals surface area contributed by atoms with Gasteiger partial charge in [0, 0.05) is 6.54 Å². The monoisotopic (exact) mass is 343 g/mol. The van der Waals surface area contributed by atoms with Gasteiger partial charge in [0.05, 0.1) is 25.7 Å². The van der Waals surface area contributed by atoms with Crippen LogP contribution in [-0.4, -0.2) is 37.6 Å². The van der Waals surface area contributed by atoms with Crippen molar-refractivity contribution in [1.29, 1.82) is 0 Å². The molecule has 1 aromatic carbocycles. The fraction of sp³-hybridized carbons (Fsp3) is 0.571. The summed E-state index contributed by atoms with van der Waals surface area (Å²) in [6, 6.07) is 6.16. The highest BCUT2D eigenvalue weighted by atomic mass is 16.5. The maximum Gasteiger partial charge on any atom is 0.234 e. The summed E-state index contributed by atoms with van der Waals surface area (Å²) in [6.45, 7) is 5.08. The first-order valence-corrected chi connectivity index (χ1v) is 9.23. The molecule has 2 aliphatic rings. The highest BCUT2D eigenvalue weighted by Gasteiger charge is 2.47. The number of hydrogen-bond acceptors (Lipinski definition) is 3. The summed E-state index contributed by atoms with van der Waals surface area (Å²) in [5.74, 6) is 2.08. The Kier molecular flexibility index (Phi) is 5.07. The maximum absolute atomic E-state index is 13.7. The van der Waals surface area contributed by atoms with Crippen LogP contribution in [0.1, 0.15) is 45.1 Å². The molecular formula is C21H29NO3. The average Bonchev–Trinajstić information content (AvgIpc) is 3.30. The summed E-state index contributed by atoms with van der Waals surface area (Å²) in [7, 11) is 3.28. The van der Waals surface area contributed by atoms with Crippen molar-refractivity contribution in [2.24, 2.45) is 5.92 Å². The van der Waals surface area contributed by atoms with Gasteiger partial charge in [-0.25, -0.2) is 0 Å². The Balaban J connectivity index is 1.98. The molecule has 0 aromatic heterocycles. The molecule has 0 unspecified atom stereocenters. The van der Waals surface area contributed by atoms with E-state index in [0.717, 1.165) is 37.8 Å². The van der Waals surface area contributed by atoms with E-state index in [-0.39, 0.29) is 11.9 Å². The van der Waals surface area contributed by atoms with Crippen molar-refractivity contribution in [3.05, 3.63) is 35.9 Å². The van der Waals surface area contributed by atoms with Gasteiger partial charge in [0.15, 0.2) is 11.5 Å². The molecule has 4 heteroatoms. The van der Waals surface area contributed by atoms with Gasteiger partial charge < -0.3 is 14.4 Å². The van der Waals surface area contributed by atoms with Gasteiger partial charge in [-0.2, -0.15) is 0 Å². The van der Waals surface area contributed by atoms with Gasteiger partial charge in [-0.3, -0.25) is 4.79 Å². The van der Waals surface area contributed by atoms with Crippen LogP contribution in [0.15, 0.2) is 30.4 Å². The Morgan fingerprint density at radius 2 is 1.84 bits per heavy atom. The van der Waals surface area contributed by atoms with Crippen molar-refractivity contribution in [2.45, 2.75) is 51.0 Å². The number of carbonyl (C=O) groups is 1. The second-order valence-corrected chi connectivity index (χ2v) is 7.48. The number of carbonyl (C=O) groups excluding carboxylic acids is 1. The minimum atomic E-state index is -0.432. The summed E-state index contributed by atoms with van der Waals surface area (Å²) < 4.78 is 10.8. The van der Waals surface area contributed by atoms with Crippen LogP contribution >= 0.6 is 0 Å². The van der Waals surface area contributed by atoms with Crippen molar-refractivity contribution in [3.63, 3.8) is 0 Å². The molecule has 136 valence electrons. The Bertz CT molecular complexity index is 659. The summed E-state index contributed by atoms with van der Waals surface area (Å²) in [5.41, 5.74) is 0.626. The van der Waals surface area contributed by atoms with Gasteiger partial charge in [0.25, 0.3) is 0 Å². The lowest BCUT2D eigenvalue weighted by Gasteiger charge is -2.37. The molecule has 25 heavy (non-hydrogen) atoms. The van der Waals surface area contributed by atoms with E-state index >= 15 is 0 Å². The number of methoxy groups -OCH3 is 2. The highest BCUT2D eigenvalue weighted by Crippen LogP contribution is 2.45. The first-order chi connectivity index (χ1) is 12.0. The molecule has 1 aliphatic carbocycles. The van der Waals surface area contributed by atoms with Gasteiger partial charge in [0.2, 0.25) is 5.91 Å². The minimum absolute atomic E-state index is 0.199. The standard InChI is InChI=1S/C21H29NO3/c1-15(2)17-8-7-13-22(17)20(23)21(11-5-6-12-21)16-9-10-18(24-3)19(14-16)25-4/h7-10,14-15,17H,5-6,11-13H2,1-4H3/t17-/m0/s1. The number of nitrogens with zero attached hydrogens (tertiary/aromatic N) is 1. The van der Waals surface area contributed by atoms with Crippen LogP contribution < -0.4 is 9.47 Å². The molecule has 4 nitrogen and oxygen atoms in total. The molecule has 0 radical (unpaired) electrons. The number of amides is 1. The lowest BCUT2D eigenvalue weighted by Crippen LogP contribution is -2.49. The fourth-order valence-electron chi connectivity index (χ4n) is 4.35. The van der Waals surface area contributed by atoms with Gasteiger partial charge in [-0.05, 0) is 36.5 Å². The molecule has 1 fully saturated rings. The summed E-state index contributed by atoms with van der Waals surface area (Å²) in [4.78, 5) is 15.7. The van der Waals surface area contributed by atoms with E-state index in [1.807, 2.05) is 18.2 Å². The third kappa shape index (κ3) is 3.03. The molecule has 0 bridgehead atoms. The molecule has 1 aromatic rings. The highest BCUT2D eigenvalue weighted by molar-refractivity contribution is 5.89. The van der Waals surface area contributed by atoms with E-state index in [9.17, 15) is 4.79 Å². The molecule has 1 heterocycles. The van der Waals surface area contributed by atoms with E-state index in [4.69, 9.17) is 9.47 Å². The van der Waals surface area contributed by atoms with Crippen LogP contribution in [0.3, 0.4) is 0 Å². The van der Waals surface area contributed by atoms with Gasteiger partial charge in [-0.1, -0.05) is 44.9 Å². The van der Waals surface area contributed by atoms with Crippen molar-refractivity contribution >= 4 is 5.91 Å². The Labute approximate surface area is 150 Å². The van der Waals surface area contributed by atoms with Gasteiger partial charge >= 0.3 is 0 Å². The maximum atomic E-state index is 13.7. The molecule has 0 saturated heterocycles. The molecule has 0 spiro atoms. The predicted molar refractivity (Wildman–Crippen MR) is 99.2 cm³/mol. The third-order valence-corrected chi connectivity index (χ3v) is 5.74. The predicted octanol–water partition coefficient (Wildman–Crippen LogP) is 3.94. The molecule has 1 atom stereocenters. The SMILES string of the molecule is COc1ccc(C2(C(=O)N3CC=C[C@H]3C(C)C)CCCC2)cc1OC. The Hall–Kier alpha value is -1.97. The van der Waals surface area contributed by atoms with Crippen molar-refractivity contribution in [3.8, 4) is 11.5 Å². The number of hydrogen-bond donors (Lipinski definition) is 0. The lowest BCUT2D eigenvalue weighted by molar-refractivity contribution is -0.138. The van der Waals surface area contributed by atoms with Crippen molar-refractivity contribution in [1.82, 2.24) is 4.90 Å². The average molecular weight is 343 g/mol. The van der Waals surface area contributed by atoms with E-state index in [1.165, 1.54) is 0 Å². The van der Waals surface area contributed by atoms with E-state index in [2.05, 4.69) is 30.9 Å². The van der Waals surface area contributed by atoms with E-state index < -0.39 is 5.41 Å². The first kappa shape index (κ1) is 17.8. The molecule has 1 saturated carbocycles. The Morgan fingerprint density at radius 1 is 1.16 bits per heavy atom. The van der Waals surface area contributed by atoms with Crippen LogP contribution in [-0.2, 0) is 10.2 Å². The van der Waals surface area contributed by atoms with Crippen LogP contribution in [0.4, 0.5) is 0 Å². The second kappa shape index (κ2) is 7.11. The van der Waals surface area contributed by atoms with Gasteiger partial charge in [0.1, 0.15) is 0 Å². The topological polar surface area (TPSA) is 38.8 Å². The number of rotatable bonds is 5. The zero-order valence-corrected chi connectivity index (χ0v) is 15.7. The van der Waals surface area contributed by atoms with Gasteiger partial charge in [-0.15, -0.1) is 0 Å². The van der Waals surface area contributed by atoms with E-state index in [0.29, 0.717) is 17.4 Å². The molecule has 1 aliphatic heterocycles.